The maximum Gasteiger partial charge on any atom is 0.241 e. The normalized spacial score (nSPS) is 23.2. The zero-order chi connectivity index (χ0) is 15.6. The van der Waals surface area contributed by atoms with E-state index >= 15 is 0 Å². The number of ether oxygens (including phenoxy) is 1. The molecule has 1 aromatic rings. The molecule has 2 unspecified atom stereocenters. The highest BCUT2D eigenvalue weighted by atomic mass is 32.2. The third-order valence-electron chi connectivity index (χ3n) is 3.64. The van der Waals surface area contributed by atoms with Crippen LogP contribution in [-0.2, 0) is 21.4 Å². The third-order valence-corrected chi connectivity index (χ3v) is 5.28. The van der Waals surface area contributed by atoms with Crippen LogP contribution in [0.3, 0.4) is 0 Å². The van der Waals surface area contributed by atoms with Crippen molar-refractivity contribution in [3.05, 3.63) is 29.1 Å². The minimum absolute atomic E-state index is 0.00643. The van der Waals surface area contributed by atoms with Crippen LogP contribution in [0, 0.1) is 12.7 Å². The quantitative estimate of drug-likeness (QED) is 0.882. The molecule has 1 aromatic carbocycles. The van der Waals surface area contributed by atoms with Crippen molar-refractivity contribution >= 4 is 10.0 Å². The van der Waals surface area contributed by atoms with Crippen molar-refractivity contribution in [3.8, 4) is 0 Å². The Balaban J connectivity index is 2.29. The summed E-state index contributed by atoms with van der Waals surface area (Å²) >= 11 is 0. The van der Waals surface area contributed by atoms with E-state index in [4.69, 9.17) is 9.84 Å². The molecule has 2 rings (SSSR count). The fourth-order valence-corrected chi connectivity index (χ4v) is 4.05. The summed E-state index contributed by atoms with van der Waals surface area (Å²) in [5.41, 5.74) is 0.290. The Kier molecular flexibility index (Phi) is 4.98. The lowest BCUT2D eigenvalue weighted by atomic mass is 10.1. The first kappa shape index (κ1) is 16.4. The molecule has 0 aliphatic carbocycles. The Morgan fingerprint density at radius 3 is 2.81 bits per heavy atom. The summed E-state index contributed by atoms with van der Waals surface area (Å²) in [6.07, 6.45) is 1.17. The van der Waals surface area contributed by atoms with E-state index in [1.807, 2.05) is 6.92 Å². The van der Waals surface area contributed by atoms with Crippen molar-refractivity contribution in [2.45, 2.75) is 50.3 Å². The molecule has 21 heavy (non-hydrogen) atoms. The molecule has 0 radical (unpaired) electrons. The van der Waals surface area contributed by atoms with Gasteiger partial charge in [0.15, 0.2) is 0 Å². The first-order valence-corrected chi connectivity index (χ1v) is 8.35. The Morgan fingerprint density at radius 1 is 1.48 bits per heavy atom. The third kappa shape index (κ3) is 3.79. The van der Waals surface area contributed by atoms with Gasteiger partial charge < -0.3 is 9.84 Å². The van der Waals surface area contributed by atoms with E-state index in [0.29, 0.717) is 19.4 Å². The highest BCUT2D eigenvalue weighted by molar-refractivity contribution is 7.89. The molecule has 0 aromatic heterocycles. The smallest absolute Gasteiger partial charge is 0.241 e. The molecule has 1 saturated heterocycles. The second-order valence-corrected chi connectivity index (χ2v) is 7.07. The lowest BCUT2D eigenvalue weighted by Crippen LogP contribution is -2.41. The molecular formula is C14H20FNO4S. The Morgan fingerprint density at radius 2 is 2.19 bits per heavy atom. The van der Waals surface area contributed by atoms with Crippen LogP contribution in [0.2, 0.25) is 0 Å². The predicted molar refractivity (Wildman–Crippen MR) is 75.8 cm³/mol. The van der Waals surface area contributed by atoms with Gasteiger partial charge >= 0.3 is 0 Å². The van der Waals surface area contributed by atoms with Gasteiger partial charge in [-0.25, -0.2) is 17.5 Å². The van der Waals surface area contributed by atoms with Crippen molar-refractivity contribution in [2.24, 2.45) is 0 Å². The number of rotatable bonds is 4. The summed E-state index contributed by atoms with van der Waals surface area (Å²) in [5, 5.41) is 9.10. The molecule has 7 heteroatoms. The van der Waals surface area contributed by atoms with Crippen molar-refractivity contribution in [1.29, 1.82) is 0 Å². The number of halogens is 1. The van der Waals surface area contributed by atoms with Crippen LogP contribution in [0.25, 0.3) is 0 Å². The zero-order valence-corrected chi connectivity index (χ0v) is 12.9. The molecule has 2 N–H and O–H groups in total. The van der Waals surface area contributed by atoms with Gasteiger partial charge in [-0.3, -0.25) is 0 Å². The minimum Gasteiger partial charge on any atom is -0.392 e. The summed E-state index contributed by atoms with van der Waals surface area (Å²) in [6, 6.07) is 2.23. The van der Waals surface area contributed by atoms with Crippen LogP contribution in [0.1, 0.15) is 30.9 Å². The molecule has 0 saturated carbocycles. The van der Waals surface area contributed by atoms with E-state index < -0.39 is 22.4 Å². The monoisotopic (exact) mass is 317 g/mol. The number of aliphatic hydroxyl groups is 1. The fourth-order valence-electron chi connectivity index (χ4n) is 2.47. The first-order valence-electron chi connectivity index (χ1n) is 6.87. The molecule has 0 bridgehead atoms. The van der Waals surface area contributed by atoms with Crippen LogP contribution >= 0.6 is 0 Å². The highest BCUT2D eigenvalue weighted by Gasteiger charge is 2.27. The largest absolute Gasteiger partial charge is 0.392 e. The number of sulfonamides is 1. The highest BCUT2D eigenvalue weighted by Crippen LogP contribution is 2.22. The number of hydrogen-bond donors (Lipinski definition) is 2. The molecule has 0 amide bonds. The number of benzene rings is 1. The van der Waals surface area contributed by atoms with Crippen LogP contribution < -0.4 is 4.72 Å². The van der Waals surface area contributed by atoms with Crippen LogP contribution in [0.5, 0.6) is 0 Å². The molecule has 1 heterocycles. The van der Waals surface area contributed by atoms with Gasteiger partial charge in [0.1, 0.15) is 5.82 Å². The van der Waals surface area contributed by atoms with E-state index in [0.717, 1.165) is 6.07 Å². The molecule has 1 fully saturated rings. The fraction of sp³-hybridized carbons (Fsp3) is 0.571. The lowest BCUT2D eigenvalue weighted by Gasteiger charge is -2.28. The second kappa shape index (κ2) is 6.39. The first-order chi connectivity index (χ1) is 9.83. The average molecular weight is 317 g/mol. The SMILES string of the molecule is Cc1c(F)cc(CO)cc1S(=O)(=O)NC1CCOC(C)C1. The van der Waals surface area contributed by atoms with Crippen LogP contribution in [0.15, 0.2) is 17.0 Å². The van der Waals surface area contributed by atoms with Crippen molar-refractivity contribution in [3.63, 3.8) is 0 Å². The molecule has 0 spiro atoms. The summed E-state index contributed by atoms with van der Waals surface area (Å²) in [4.78, 5) is -0.120. The molecule has 2 atom stereocenters. The zero-order valence-electron chi connectivity index (χ0n) is 12.1. The van der Waals surface area contributed by atoms with E-state index in [1.165, 1.54) is 13.0 Å². The van der Waals surface area contributed by atoms with E-state index in [1.54, 1.807) is 0 Å². The van der Waals surface area contributed by atoms with Gasteiger partial charge in [0, 0.05) is 18.2 Å². The molecule has 118 valence electrons. The lowest BCUT2D eigenvalue weighted by molar-refractivity contribution is 0.0173. The van der Waals surface area contributed by atoms with Gasteiger partial charge in [-0.05, 0) is 44.4 Å². The van der Waals surface area contributed by atoms with Gasteiger partial charge in [-0.15, -0.1) is 0 Å². The predicted octanol–water partition coefficient (Wildman–Crippen LogP) is 1.47. The van der Waals surface area contributed by atoms with Gasteiger partial charge in [0.25, 0.3) is 0 Å². The molecule has 1 aliphatic rings. The Labute approximate surface area is 124 Å². The van der Waals surface area contributed by atoms with Crippen molar-refractivity contribution in [1.82, 2.24) is 4.72 Å². The van der Waals surface area contributed by atoms with Crippen LogP contribution in [0.4, 0.5) is 4.39 Å². The topological polar surface area (TPSA) is 75.6 Å². The van der Waals surface area contributed by atoms with Crippen molar-refractivity contribution in [2.75, 3.05) is 6.61 Å². The second-order valence-electron chi connectivity index (χ2n) is 5.38. The van der Waals surface area contributed by atoms with E-state index in [2.05, 4.69) is 4.72 Å². The summed E-state index contributed by atoms with van der Waals surface area (Å²) in [7, 11) is -3.83. The summed E-state index contributed by atoms with van der Waals surface area (Å²) in [6.45, 7) is 3.39. The van der Waals surface area contributed by atoms with E-state index in [9.17, 15) is 12.8 Å². The molecule has 5 nitrogen and oxygen atoms in total. The Bertz CT molecular complexity index is 618. The van der Waals surface area contributed by atoms with Gasteiger partial charge in [0.2, 0.25) is 10.0 Å². The average Bonchev–Trinajstić information content (AvgIpc) is 2.41. The number of hydrogen-bond acceptors (Lipinski definition) is 4. The summed E-state index contributed by atoms with van der Waals surface area (Å²) < 4.78 is 46.7. The minimum atomic E-state index is -3.83. The van der Waals surface area contributed by atoms with E-state index in [-0.39, 0.29) is 28.2 Å². The van der Waals surface area contributed by atoms with Gasteiger partial charge in [-0.2, -0.15) is 0 Å². The Hall–Kier alpha value is -1.02. The maximum absolute atomic E-state index is 13.8. The van der Waals surface area contributed by atoms with Gasteiger partial charge in [0.05, 0.1) is 17.6 Å². The standard InChI is InChI=1S/C14H20FNO4S/c1-9-5-12(3-4-20-9)16-21(18,19)14-7-11(8-17)6-13(15)10(14)2/h6-7,9,12,16-17H,3-5,8H2,1-2H3. The molecular weight excluding hydrogens is 297 g/mol. The number of aliphatic hydroxyl groups excluding tert-OH is 1. The number of nitrogens with one attached hydrogen (secondary N) is 1. The van der Waals surface area contributed by atoms with Crippen LogP contribution in [-0.4, -0.2) is 32.3 Å². The maximum atomic E-state index is 13.8. The van der Waals surface area contributed by atoms with Crippen molar-refractivity contribution < 1.29 is 22.7 Å². The molecule has 1 aliphatic heterocycles. The summed E-state index contributed by atoms with van der Waals surface area (Å²) in [5.74, 6) is -0.637. The van der Waals surface area contributed by atoms with Gasteiger partial charge in [-0.1, -0.05) is 0 Å².